The van der Waals surface area contributed by atoms with Gasteiger partial charge < -0.3 is 24.2 Å². The van der Waals surface area contributed by atoms with E-state index in [-0.39, 0.29) is 36.4 Å². The molecule has 0 amide bonds. The Labute approximate surface area is 196 Å². The molecule has 0 aromatic heterocycles. The second kappa shape index (κ2) is 12.9. The normalized spacial score (nSPS) is 11.3. The van der Waals surface area contributed by atoms with Gasteiger partial charge in [-0.15, -0.1) is 10.1 Å². The Bertz CT molecular complexity index is 1070. The van der Waals surface area contributed by atoms with E-state index in [0.717, 1.165) is 7.05 Å². The van der Waals surface area contributed by atoms with Crippen LogP contribution in [0.15, 0.2) is 30.3 Å². The molecule has 0 bridgehead atoms. The van der Waals surface area contributed by atoms with Crippen LogP contribution in [0.4, 0.5) is 5.69 Å². The Morgan fingerprint density at radius 1 is 0.800 bits per heavy atom. The van der Waals surface area contributed by atoms with E-state index in [1.807, 2.05) is 0 Å². The molecule has 0 fully saturated rings. The summed E-state index contributed by atoms with van der Waals surface area (Å²) in [7, 11) is 0.889. The quantitative estimate of drug-likeness (QED) is 0.366. The lowest BCUT2D eigenvalue weighted by molar-refractivity contribution is -0.742. The van der Waals surface area contributed by atoms with Crippen LogP contribution < -0.4 is 18.9 Å². The summed E-state index contributed by atoms with van der Waals surface area (Å²) in [5, 5.41) is 33.1. The van der Waals surface area contributed by atoms with Crippen molar-refractivity contribution in [3.05, 3.63) is 71.8 Å². The maximum Gasteiger partial charge on any atom is 0.291 e. The predicted molar refractivity (Wildman–Crippen MR) is 113 cm³/mol. The van der Waals surface area contributed by atoms with Gasteiger partial charge in [0.2, 0.25) is 13.6 Å². The molecule has 188 valence electrons. The maximum atomic E-state index is 11.2. The fourth-order valence-electron chi connectivity index (χ4n) is 2.48. The largest absolute Gasteiger partial charge is 0.454 e. The average molecular weight is 497 g/mol. The van der Waals surface area contributed by atoms with Crippen molar-refractivity contribution < 1.29 is 48.7 Å². The number of nitrogens with zero attached hydrogens (tertiary/aromatic N) is 3. The fourth-order valence-corrected chi connectivity index (χ4v) is 2.48. The minimum Gasteiger partial charge on any atom is -0.454 e. The van der Waals surface area contributed by atoms with E-state index in [1.54, 1.807) is 18.2 Å². The van der Waals surface area contributed by atoms with Crippen LogP contribution in [0, 0.1) is 30.3 Å². The molecule has 2 aromatic rings. The van der Waals surface area contributed by atoms with Gasteiger partial charge in [-0.2, -0.15) is 0 Å². The van der Waals surface area contributed by atoms with Crippen LogP contribution in [0.2, 0.25) is 0 Å². The summed E-state index contributed by atoms with van der Waals surface area (Å²) in [5.74, 6) is 1.69. The standard InChI is InChI=1S/C9H7NO5.C9H8O3.CH3NO2.HNO3/c1-5(11)6-2-8-9(15-4-14-8)3-7(6)10(12)13;1-6(10)7-2-3-8-9(4-7)12-5-11-8;1-2(3)4;2-1(3)4/h2-3H,4H2,1H3;2-4H,5H2,1H3;1H3;(H,2,3,4). The number of fused-ring (bicyclic) bond motifs is 2. The highest BCUT2D eigenvalue weighted by Gasteiger charge is 2.25. The number of carbonyl (C=O) groups excluding carboxylic acids is 2. The highest BCUT2D eigenvalue weighted by molar-refractivity contribution is 5.99. The summed E-state index contributed by atoms with van der Waals surface area (Å²) >= 11 is 0. The first-order chi connectivity index (χ1) is 16.3. The molecule has 16 heteroatoms. The van der Waals surface area contributed by atoms with Crippen molar-refractivity contribution in [3.63, 3.8) is 0 Å². The molecule has 2 aliphatic heterocycles. The van der Waals surface area contributed by atoms with Crippen LogP contribution in [0.25, 0.3) is 0 Å². The summed E-state index contributed by atoms with van der Waals surface area (Å²) in [6.07, 6.45) is 0. The third-order valence-electron chi connectivity index (χ3n) is 3.85. The van der Waals surface area contributed by atoms with Gasteiger partial charge >= 0.3 is 0 Å². The number of nitro benzene ring substituents is 1. The van der Waals surface area contributed by atoms with Gasteiger partial charge in [0.25, 0.3) is 10.8 Å². The second-order valence-electron chi connectivity index (χ2n) is 6.34. The molecule has 35 heavy (non-hydrogen) atoms. The van der Waals surface area contributed by atoms with Crippen molar-refractivity contribution >= 4 is 17.3 Å². The van der Waals surface area contributed by atoms with E-state index >= 15 is 0 Å². The number of ketones is 2. The Balaban J connectivity index is 0.000000273. The van der Waals surface area contributed by atoms with E-state index in [1.165, 1.54) is 26.0 Å². The van der Waals surface area contributed by atoms with Crippen LogP contribution >= 0.6 is 0 Å². The number of hydrogen-bond donors (Lipinski definition) is 1. The van der Waals surface area contributed by atoms with Crippen molar-refractivity contribution in [1.82, 2.24) is 0 Å². The number of rotatable bonds is 3. The Kier molecular flexibility index (Phi) is 10.3. The zero-order chi connectivity index (χ0) is 26.7. The predicted octanol–water partition coefficient (Wildman–Crippen LogP) is 2.69. The molecule has 2 aromatic carbocycles. The summed E-state index contributed by atoms with van der Waals surface area (Å²) in [5.41, 5.74) is 0.426. The summed E-state index contributed by atoms with van der Waals surface area (Å²) in [4.78, 5) is 48.9. The topological polar surface area (TPSA) is 221 Å². The molecule has 2 heterocycles. The molecule has 0 saturated heterocycles. The summed E-state index contributed by atoms with van der Waals surface area (Å²) in [6, 6.07) is 7.72. The molecule has 0 saturated carbocycles. The zero-order valence-corrected chi connectivity index (χ0v) is 18.5. The van der Waals surface area contributed by atoms with Crippen molar-refractivity contribution in [2.24, 2.45) is 0 Å². The zero-order valence-electron chi connectivity index (χ0n) is 18.5. The molecule has 0 spiro atoms. The van der Waals surface area contributed by atoms with Crippen LogP contribution in [-0.2, 0) is 0 Å². The Morgan fingerprint density at radius 3 is 1.66 bits per heavy atom. The number of nitro groups is 2. The highest BCUT2D eigenvalue weighted by Crippen LogP contribution is 2.38. The SMILES string of the molecule is CC(=O)c1cc2c(cc1[N+](=O)[O-])OCO2.CC(=O)c1ccc2c(c1)OCO2.C[N+](=O)[O-].O=[N+]([O-])O. The lowest BCUT2D eigenvalue weighted by Gasteiger charge is -2.00. The first kappa shape index (κ1) is 28.0. The molecule has 2 aliphatic rings. The van der Waals surface area contributed by atoms with Gasteiger partial charge in [0.05, 0.1) is 16.6 Å². The Morgan fingerprint density at radius 2 is 1.23 bits per heavy atom. The fraction of sp³-hybridized carbons (Fsp3) is 0.263. The first-order valence-electron chi connectivity index (χ1n) is 9.24. The van der Waals surface area contributed by atoms with E-state index in [0.29, 0.717) is 28.6 Å². The van der Waals surface area contributed by atoms with Crippen LogP contribution in [0.1, 0.15) is 34.6 Å². The lowest BCUT2D eigenvalue weighted by Crippen LogP contribution is -1.99. The number of benzene rings is 2. The number of Topliss-reactive ketones (excluding diaryl/α,β-unsaturated/α-hetero) is 2. The van der Waals surface area contributed by atoms with Crippen molar-refractivity contribution in [2.45, 2.75) is 13.8 Å². The number of hydrogen-bond acceptors (Lipinski definition) is 12. The van der Waals surface area contributed by atoms with Gasteiger partial charge in [0.15, 0.2) is 41.6 Å². The molecule has 0 atom stereocenters. The van der Waals surface area contributed by atoms with Crippen molar-refractivity contribution in [1.29, 1.82) is 0 Å². The highest BCUT2D eigenvalue weighted by atomic mass is 16.9. The van der Waals surface area contributed by atoms with E-state index in [9.17, 15) is 19.7 Å². The van der Waals surface area contributed by atoms with Crippen molar-refractivity contribution in [2.75, 3.05) is 20.6 Å². The van der Waals surface area contributed by atoms with Gasteiger partial charge in [-0.05, 0) is 32.0 Å². The van der Waals surface area contributed by atoms with Crippen LogP contribution in [0.5, 0.6) is 23.0 Å². The van der Waals surface area contributed by atoms with E-state index < -0.39 is 14.9 Å². The molecule has 0 unspecified atom stereocenters. The number of ether oxygens (including phenoxy) is 4. The second-order valence-corrected chi connectivity index (χ2v) is 6.34. The third-order valence-corrected chi connectivity index (χ3v) is 3.85. The number of carbonyl (C=O) groups is 2. The third kappa shape index (κ3) is 9.16. The average Bonchev–Trinajstić information content (AvgIpc) is 3.40. The van der Waals surface area contributed by atoms with Crippen LogP contribution in [-0.4, -0.2) is 52.3 Å². The molecular weight excluding hydrogens is 478 g/mol. The van der Waals surface area contributed by atoms with Gasteiger partial charge in [-0.25, -0.2) is 0 Å². The maximum absolute atomic E-state index is 11.2. The smallest absolute Gasteiger partial charge is 0.291 e. The van der Waals surface area contributed by atoms with Gasteiger partial charge in [0.1, 0.15) is 0 Å². The van der Waals surface area contributed by atoms with Crippen LogP contribution in [0.3, 0.4) is 0 Å². The van der Waals surface area contributed by atoms with E-state index in [4.69, 9.17) is 44.4 Å². The molecule has 0 radical (unpaired) electrons. The van der Waals surface area contributed by atoms with Gasteiger partial charge in [-0.1, -0.05) is 0 Å². The summed E-state index contributed by atoms with van der Waals surface area (Å²) < 4.78 is 20.2. The summed E-state index contributed by atoms with van der Waals surface area (Å²) in [6.45, 7) is 3.06. The van der Waals surface area contributed by atoms with Crippen molar-refractivity contribution in [3.8, 4) is 23.0 Å². The Hall–Kier alpha value is -5.02. The monoisotopic (exact) mass is 497 g/mol. The minimum absolute atomic E-state index is 0.0217. The van der Waals surface area contributed by atoms with E-state index in [2.05, 4.69) is 0 Å². The molecule has 4 rings (SSSR count). The molecular formula is C19H19N3O13. The molecule has 0 aliphatic carbocycles. The first-order valence-corrected chi connectivity index (χ1v) is 9.24. The molecule has 16 nitrogen and oxygen atoms in total. The van der Waals surface area contributed by atoms with Gasteiger partial charge in [-0.3, -0.25) is 29.8 Å². The minimum atomic E-state index is -1.50. The lowest BCUT2D eigenvalue weighted by atomic mass is 10.1. The van der Waals surface area contributed by atoms with Gasteiger partial charge in [0, 0.05) is 16.6 Å². The molecule has 1 N–H and O–H groups in total.